The molecular weight excluding hydrogens is 196 g/mol. The third-order valence-corrected chi connectivity index (χ3v) is 2.75. The van der Waals surface area contributed by atoms with E-state index in [0.717, 1.165) is 30.4 Å². The van der Waals surface area contributed by atoms with Crippen LogP contribution in [0.25, 0.3) is 0 Å². The first kappa shape index (κ1) is 12.8. The maximum absolute atomic E-state index is 10.2. The minimum atomic E-state index is -0.551. The fourth-order valence-corrected chi connectivity index (χ4v) is 1.64. The SMILES string of the molecule is C=C=C(CCCC)C(O)c1ccc(C)cc1. The Balaban J connectivity index is 2.79. The van der Waals surface area contributed by atoms with E-state index in [1.54, 1.807) is 0 Å². The van der Waals surface area contributed by atoms with Gasteiger partial charge in [0.1, 0.15) is 6.10 Å². The molecule has 0 radical (unpaired) electrons. The molecule has 86 valence electrons. The fraction of sp³-hybridized carbons (Fsp3) is 0.400. The fourth-order valence-electron chi connectivity index (χ4n) is 1.64. The Kier molecular flexibility index (Phi) is 5.04. The molecule has 1 unspecified atom stereocenters. The van der Waals surface area contributed by atoms with Gasteiger partial charge in [0.15, 0.2) is 0 Å². The number of benzene rings is 1. The van der Waals surface area contributed by atoms with E-state index < -0.39 is 6.10 Å². The van der Waals surface area contributed by atoms with Gasteiger partial charge in [0.2, 0.25) is 0 Å². The molecule has 1 rings (SSSR count). The average Bonchev–Trinajstić information content (AvgIpc) is 2.30. The van der Waals surface area contributed by atoms with Crippen molar-refractivity contribution in [1.29, 1.82) is 0 Å². The van der Waals surface area contributed by atoms with E-state index in [4.69, 9.17) is 0 Å². The molecule has 0 heterocycles. The molecule has 16 heavy (non-hydrogen) atoms. The molecule has 1 heteroatoms. The van der Waals surface area contributed by atoms with Crippen LogP contribution in [0.1, 0.15) is 43.4 Å². The summed E-state index contributed by atoms with van der Waals surface area (Å²) in [6.07, 6.45) is 2.51. The third-order valence-electron chi connectivity index (χ3n) is 2.75. The van der Waals surface area contributed by atoms with E-state index in [0.29, 0.717) is 0 Å². The van der Waals surface area contributed by atoms with Crippen molar-refractivity contribution >= 4 is 0 Å². The molecule has 0 saturated heterocycles. The van der Waals surface area contributed by atoms with Crippen LogP contribution in [0.4, 0.5) is 0 Å². The van der Waals surface area contributed by atoms with Gasteiger partial charge in [-0.3, -0.25) is 0 Å². The highest BCUT2D eigenvalue weighted by atomic mass is 16.3. The highest BCUT2D eigenvalue weighted by Crippen LogP contribution is 2.24. The Morgan fingerprint density at radius 1 is 1.38 bits per heavy atom. The summed E-state index contributed by atoms with van der Waals surface area (Å²) in [7, 11) is 0. The van der Waals surface area contributed by atoms with Crippen LogP contribution < -0.4 is 0 Å². The largest absolute Gasteiger partial charge is 0.383 e. The number of aliphatic hydroxyl groups is 1. The lowest BCUT2D eigenvalue weighted by Gasteiger charge is -2.13. The Labute approximate surface area is 98.1 Å². The highest BCUT2D eigenvalue weighted by Gasteiger charge is 2.11. The predicted octanol–water partition coefficient (Wildman–Crippen LogP) is 3.93. The first-order valence-corrected chi connectivity index (χ1v) is 5.82. The summed E-state index contributed by atoms with van der Waals surface area (Å²) in [6, 6.07) is 7.95. The first-order chi connectivity index (χ1) is 7.69. The van der Waals surface area contributed by atoms with Gasteiger partial charge in [0, 0.05) is 5.57 Å². The second-order valence-electron chi connectivity index (χ2n) is 4.12. The molecule has 1 aromatic rings. The molecule has 1 aromatic carbocycles. The monoisotopic (exact) mass is 216 g/mol. The van der Waals surface area contributed by atoms with Crippen molar-refractivity contribution in [3.8, 4) is 0 Å². The summed E-state index contributed by atoms with van der Waals surface area (Å²) < 4.78 is 0. The smallest absolute Gasteiger partial charge is 0.107 e. The summed E-state index contributed by atoms with van der Waals surface area (Å²) in [5.41, 5.74) is 5.89. The number of hydrogen-bond acceptors (Lipinski definition) is 1. The van der Waals surface area contributed by atoms with Crippen LogP contribution in [0.5, 0.6) is 0 Å². The second kappa shape index (κ2) is 6.32. The molecule has 1 N–H and O–H groups in total. The molecule has 1 nitrogen and oxygen atoms in total. The van der Waals surface area contributed by atoms with E-state index in [2.05, 4.69) is 19.2 Å². The normalized spacial score (nSPS) is 11.9. The van der Waals surface area contributed by atoms with Crippen molar-refractivity contribution in [2.75, 3.05) is 0 Å². The van der Waals surface area contributed by atoms with Crippen molar-refractivity contribution in [3.05, 3.63) is 53.3 Å². The molecule has 0 aliphatic heterocycles. The predicted molar refractivity (Wildman–Crippen MR) is 68.3 cm³/mol. The van der Waals surface area contributed by atoms with Crippen molar-refractivity contribution < 1.29 is 5.11 Å². The van der Waals surface area contributed by atoms with Crippen molar-refractivity contribution in [2.45, 2.75) is 39.2 Å². The molecule has 0 amide bonds. The minimum Gasteiger partial charge on any atom is -0.383 e. The number of hydrogen-bond donors (Lipinski definition) is 1. The van der Waals surface area contributed by atoms with Gasteiger partial charge < -0.3 is 5.11 Å². The lowest BCUT2D eigenvalue weighted by atomic mass is 9.97. The van der Waals surface area contributed by atoms with Gasteiger partial charge in [-0.2, -0.15) is 0 Å². The van der Waals surface area contributed by atoms with Crippen LogP contribution in [0.3, 0.4) is 0 Å². The van der Waals surface area contributed by atoms with Gasteiger partial charge in [-0.1, -0.05) is 49.8 Å². The molecular formula is C15H20O. The number of aliphatic hydroxyl groups excluding tert-OH is 1. The van der Waals surface area contributed by atoms with Gasteiger partial charge in [-0.25, -0.2) is 0 Å². The lowest BCUT2D eigenvalue weighted by Crippen LogP contribution is -2.01. The van der Waals surface area contributed by atoms with E-state index in [-0.39, 0.29) is 0 Å². The lowest BCUT2D eigenvalue weighted by molar-refractivity contribution is 0.211. The molecule has 0 aliphatic rings. The van der Waals surface area contributed by atoms with Gasteiger partial charge in [0.05, 0.1) is 0 Å². The van der Waals surface area contributed by atoms with Gasteiger partial charge in [-0.05, 0) is 25.3 Å². The summed E-state index contributed by atoms with van der Waals surface area (Å²) >= 11 is 0. The summed E-state index contributed by atoms with van der Waals surface area (Å²) in [6.45, 7) is 7.83. The Morgan fingerprint density at radius 3 is 2.50 bits per heavy atom. The standard InChI is InChI=1S/C15H20O/c1-4-6-7-13(5-2)15(16)14-10-8-12(3)9-11-14/h8-11,15-16H,2,4,6-7H2,1,3H3. The average molecular weight is 216 g/mol. The zero-order valence-electron chi connectivity index (χ0n) is 10.2. The van der Waals surface area contributed by atoms with Crippen LogP contribution in [0.2, 0.25) is 0 Å². The van der Waals surface area contributed by atoms with E-state index >= 15 is 0 Å². The highest BCUT2D eigenvalue weighted by molar-refractivity contribution is 5.28. The van der Waals surface area contributed by atoms with Crippen LogP contribution in [0.15, 0.2) is 42.1 Å². The van der Waals surface area contributed by atoms with Crippen molar-refractivity contribution in [2.24, 2.45) is 0 Å². The maximum atomic E-state index is 10.2. The Bertz CT molecular complexity index is 369. The molecule has 0 fully saturated rings. The van der Waals surface area contributed by atoms with Crippen molar-refractivity contribution in [1.82, 2.24) is 0 Å². The third kappa shape index (κ3) is 3.37. The molecule has 1 atom stereocenters. The Hall–Kier alpha value is -1.30. The topological polar surface area (TPSA) is 20.2 Å². The van der Waals surface area contributed by atoms with Gasteiger partial charge in [0.25, 0.3) is 0 Å². The summed E-state index contributed by atoms with van der Waals surface area (Å²) in [4.78, 5) is 0. The number of rotatable bonds is 5. The summed E-state index contributed by atoms with van der Waals surface area (Å²) in [5, 5.41) is 10.2. The molecule has 0 saturated carbocycles. The van der Waals surface area contributed by atoms with Crippen LogP contribution in [-0.4, -0.2) is 5.11 Å². The maximum Gasteiger partial charge on any atom is 0.107 e. The first-order valence-electron chi connectivity index (χ1n) is 5.82. The van der Waals surface area contributed by atoms with Crippen LogP contribution in [0, 0.1) is 6.92 Å². The number of unbranched alkanes of at least 4 members (excludes halogenated alkanes) is 1. The number of aryl methyl sites for hydroxylation is 1. The van der Waals surface area contributed by atoms with Crippen LogP contribution in [-0.2, 0) is 0 Å². The van der Waals surface area contributed by atoms with E-state index in [1.807, 2.05) is 31.2 Å². The zero-order chi connectivity index (χ0) is 12.0. The summed E-state index contributed by atoms with van der Waals surface area (Å²) in [5.74, 6) is 0. The van der Waals surface area contributed by atoms with Gasteiger partial charge in [-0.15, -0.1) is 5.73 Å². The molecule has 0 bridgehead atoms. The molecule has 0 aromatic heterocycles. The van der Waals surface area contributed by atoms with E-state index in [9.17, 15) is 5.11 Å². The van der Waals surface area contributed by atoms with Gasteiger partial charge >= 0.3 is 0 Å². The van der Waals surface area contributed by atoms with Crippen LogP contribution >= 0.6 is 0 Å². The quantitative estimate of drug-likeness (QED) is 0.739. The molecule has 0 aliphatic carbocycles. The Morgan fingerprint density at radius 2 is 2.00 bits per heavy atom. The van der Waals surface area contributed by atoms with E-state index in [1.165, 1.54) is 5.56 Å². The van der Waals surface area contributed by atoms with Crippen molar-refractivity contribution in [3.63, 3.8) is 0 Å². The zero-order valence-corrected chi connectivity index (χ0v) is 10.2. The second-order valence-corrected chi connectivity index (χ2v) is 4.12. The molecule has 0 spiro atoms. The minimum absolute atomic E-state index is 0.551.